The van der Waals surface area contributed by atoms with Crippen LogP contribution in [0.2, 0.25) is 0 Å². The van der Waals surface area contributed by atoms with E-state index in [9.17, 15) is 19.8 Å². The predicted molar refractivity (Wildman–Crippen MR) is 127 cm³/mol. The van der Waals surface area contributed by atoms with Gasteiger partial charge in [0.15, 0.2) is 22.8 Å². The van der Waals surface area contributed by atoms with Crippen molar-refractivity contribution >= 4 is 11.6 Å². The zero-order valence-electron chi connectivity index (χ0n) is 20.8. The molecule has 1 aliphatic heterocycles. The van der Waals surface area contributed by atoms with E-state index in [4.69, 9.17) is 4.84 Å². The van der Waals surface area contributed by atoms with Gasteiger partial charge in [0.1, 0.15) is 6.61 Å². The monoisotopic (exact) mass is 487 g/mol. The van der Waals surface area contributed by atoms with E-state index in [0.717, 1.165) is 12.1 Å². The first-order chi connectivity index (χ1) is 16.6. The summed E-state index contributed by atoms with van der Waals surface area (Å²) in [7, 11) is 0. The predicted octanol–water partition coefficient (Wildman–Crippen LogP) is 3.32. The summed E-state index contributed by atoms with van der Waals surface area (Å²) >= 11 is 0. The molecule has 4 saturated carbocycles. The zero-order valence-corrected chi connectivity index (χ0v) is 20.8. The lowest BCUT2D eigenvalue weighted by atomic mass is 9.44. The highest BCUT2D eigenvalue weighted by atomic mass is 19.1. The SMILES string of the molecule is C[C@]12C=CC(=O)C=C1CC[C@H]1[C@@H]3C[C@H]4CN(CC5CCCC5)O[C@@]4(C(=O)CO)[C@@]3(C)C[C@H](O)[C@@]12F. The molecule has 0 aromatic carbocycles. The van der Waals surface area contributed by atoms with Crippen LogP contribution in [0.1, 0.15) is 65.2 Å². The van der Waals surface area contributed by atoms with Gasteiger partial charge in [-0.1, -0.05) is 31.4 Å². The molecule has 0 radical (unpaired) electrons. The number of allylic oxidation sites excluding steroid dienone is 4. The van der Waals surface area contributed by atoms with E-state index in [2.05, 4.69) is 0 Å². The van der Waals surface area contributed by atoms with Crippen LogP contribution in [0.5, 0.6) is 0 Å². The maximum atomic E-state index is 17.4. The number of alkyl halides is 1. The van der Waals surface area contributed by atoms with Crippen molar-refractivity contribution in [2.75, 3.05) is 19.7 Å². The second-order valence-electron chi connectivity index (χ2n) is 12.6. The summed E-state index contributed by atoms with van der Waals surface area (Å²) in [4.78, 5) is 32.1. The number of aliphatic hydroxyl groups excluding tert-OH is 2. The van der Waals surface area contributed by atoms with Crippen LogP contribution in [-0.4, -0.2) is 63.9 Å². The Morgan fingerprint density at radius 1 is 1.23 bits per heavy atom. The Morgan fingerprint density at radius 3 is 2.69 bits per heavy atom. The molecule has 7 heteroatoms. The van der Waals surface area contributed by atoms with Gasteiger partial charge in [-0.2, -0.15) is 5.06 Å². The quantitative estimate of drug-likeness (QED) is 0.633. The Hall–Kier alpha value is -1.41. The fraction of sp³-hybridized carbons (Fsp3) is 0.786. The van der Waals surface area contributed by atoms with Gasteiger partial charge >= 0.3 is 0 Å². The average molecular weight is 488 g/mol. The van der Waals surface area contributed by atoms with E-state index in [1.807, 2.05) is 18.9 Å². The fourth-order valence-corrected chi connectivity index (χ4v) is 9.54. The number of halogens is 1. The molecule has 6 nitrogen and oxygen atoms in total. The van der Waals surface area contributed by atoms with Gasteiger partial charge in [-0.15, -0.1) is 0 Å². The lowest BCUT2D eigenvalue weighted by Crippen LogP contribution is -2.69. The Kier molecular flexibility index (Phi) is 5.34. The maximum Gasteiger partial charge on any atom is 0.192 e. The average Bonchev–Trinajstić information content (AvgIpc) is 3.51. The van der Waals surface area contributed by atoms with Crippen molar-refractivity contribution in [3.8, 4) is 0 Å². The van der Waals surface area contributed by atoms with Crippen molar-refractivity contribution in [2.24, 2.45) is 34.5 Å². The Balaban J connectivity index is 1.38. The van der Waals surface area contributed by atoms with E-state index in [1.165, 1.54) is 31.8 Å². The van der Waals surface area contributed by atoms with Crippen LogP contribution in [0.15, 0.2) is 23.8 Å². The Bertz CT molecular complexity index is 1010. The maximum absolute atomic E-state index is 17.4. The lowest BCUT2D eigenvalue weighted by molar-refractivity contribution is -0.267. The second-order valence-corrected chi connectivity index (χ2v) is 12.6. The molecule has 6 rings (SSSR count). The summed E-state index contributed by atoms with van der Waals surface area (Å²) < 4.78 is 17.4. The number of fused-ring (bicyclic) bond motifs is 7. The van der Waals surface area contributed by atoms with Crippen molar-refractivity contribution < 1.29 is 29.0 Å². The summed E-state index contributed by atoms with van der Waals surface area (Å²) in [5.74, 6) is -0.676. The van der Waals surface area contributed by atoms with Crippen LogP contribution in [0.25, 0.3) is 0 Å². The van der Waals surface area contributed by atoms with E-state index in [-0.39, 0.29) is 29.8 Å². The molecule has 35 heavy (non-hydrogen) atoms. The molecule has 1 heterocycles. The molecule has 0 amide bonds. The Morgan fingerprint density at radius 2 is 1.97 bits per heavy atom. The topological polar surface area (TPSA) is 87.1 Å². The summed E-state index contributed by atoms with van der Waals surface area (Å²) in [6.45, 7) is 4.56. The van der Waals surface area contributed by atoms with E-state index >= 15 is 4.39 Å². The van der Waals surface area contributed by atoms with Gasteiger partial charge in [0.05, 0.1) is 6.10 Å². The van der Waals surface area contributed by atoms with E-state index in [1.54, 1.807) is 12.2 Å². The number of hydroxylamine groups is 2. The highest BCUT2D eigenvalue weighted by molar-refractivity contribution is 6.01. The smallest absolute Gasteiger partial charge is 0.192 e. The van der Waals surface area contributed by atoms with Crippen LogP contribution in [0.3, 0.4) is 0 Å². The first-order valence-corrected chi connectivity index (χ1v) is 13.5. The van der Waals surface area contributed by atoms with Gasteiger partial charge < -0.3 is 10.2 Å². The third-order valence-electron chi connectivity index (χ3n) is 11.2. The van der Waals surface area contributed by atoms with Gasteiger partial charge in [0.25, 0.3) is 0 Å². The van der Waals surface area contributed by atoms with Gasteiger partial charge in [-0.25, -0.2) is 4.39 Å². The highest BCUT2D eigenvalue weighted by Gasteiger charge is 2.78. The van der Waals surface area contributed by atoms with Crippen LogP contribution >= 0.6 is 0 Å². The fourth-order valence-electron chi connectivity index (χ4n) is 9.54. The molecular weight excluding hydrogens is 449 g/mol. The van der Waals surface area contributed by atoms with Crippen molar-refractivity contribution in [1.29, 1.82) is 0 Å². The van der Waals surface area contributed by atoms with Gasteiger partial charge in [0.2, 0.25) is 0 Å². The number of hydrogen-bond donors (Lipinski definition) is 2. The van der Waals surface area contributed by atoms with Crippen LogP contribution in [0, 0.1) is 34.5 Å². The molecule has 0 spiro atoms. The number of nitrogens with zero attached hydrogens (tertiary/aromatic N) is 1. The molecule has 8 atom stereocenters. The van der Waals surface area contributed by atoms with Crippen molar-refractivity contribution in [1.82, 2.24) is 5.06 Å². The first-order valence-electron chi connectivity index (χ1n) is 13.5. The van der Waals surface area contributed by atoms with Gasteiger partial charge in [-0.3, -0.25) is 14.4 Å². The lowest BCUT2D eigenvalue weighted by Gasteiger charge is -2.62. The molecule has 5 aliphatic carbocycles. The first kappa shape index (κ1) is 24.0. The number of Topliss-reactive ketones (excluding diaryl/α,β-unsaturated/α-hetero) is 1. The summed E-state index contributed by atoms with van der Waals surface area (Å²) in [5.41, 5.74) is -4.24. The third-order valence-corrected chi connectivity index (χ3v) is 11.2. The molecule has 0 unspecified atom stereocenters. The molecule has 5 fully saturated rings. The van der Waals surface area contributed by atoms with E-state index in [0.29, 0.717) is 31.7 Å². The van der Waals surface area contributed by atoms with Gasteiger partial charge in [-0.05, 0) is 69.4 Å². The largest absolute Gasteiger partial charge is 0.390 e. The molecule has 0 bridgehead atoms. The Labute approximate surface area is 206 Å². The number of carbonyl (C=O) groups excluding carboxylic acids is 2. The number of ketones is 2. The minimum absolute atomic E-state index is 0.0921. The number of hydrogen-bond acceptors (Lipinski definition) is 6. The van der Waals surface area contributed by atoms with Crippen LogP contribution in [-0.2, 0) is 14.4 Å². The van der Waals surface area contributed by atoms with Crippen molar-refractivity contribution in [3.63, 3.8) is 0 Å². The van der Waals surface area contributed by atoms with E-state index < -0.39 is 40.7 Å². The second kappa shape index (κ2) is 7.80. The molecular formula is C28H38FNO5. The van der Waals surface area contributed by atoms with Crippen molar-refractivity contribution in [2.45, 2.75) is 82.6 Å². The number of rotatable bonds is 4. The number of aliphatic hydroxyl groups is 2. The molecule has 0 aromatic heterocycles. The van der Waals surface area contributed by atoms with Crippen molar-refractivity contribution in [3.05, 3.63) is 23.8 Å². The summed E-state index contributed by atoms with van der Waals surface area (Å²) in [5, 5.41) is 23.6. The van der Waals surface area contributed by atoms with Gasteiger partial charge in [0, 0.05) is 35.8 Å². The highest BCUT2D eigenvalue weighted by Crippen LogP contribution is 2.72. The third kappa shape index (κ3) is 2.90. The standard InChI is InChI=1S/C28H38FNO5/c1-25-10-9-20(32)11-18(25)7-8-21-22-12-19-15-30(14-17-5-3-4-6-17)35-28(19,24(34)16-31)26(22,2)13-23(33)27(21,25)29/h9-11,17,19,21-23,31,33H,3-8,12-16H2,1-2H3/t19-,21-,22-,23-,25-,26-,27-,28-/m0/s1. The molecule has 6 aliphatic rings. The number of carbonyl (C=O) groups is 2. The summed E-state index contributed by atoms with van der Waals surface area (Å²) in [6.07, 6.45) is 9.97. The summed E-state index contributed by atoms with van der Waals surface area (Å²) in [6, 6.07) is 0. The normalized spacial score (nSPS) is 49.4. The molecule has 1 saturated heterocycles. The van der Waals surface area contributed by atoms with Crippen LogP contribution in [0.4, 0.5) is 4.39 Å². The molecule has 2 N–H and O–H groups in total. The molecule has 192 valence electrons. The molecule has 0 aromatic rings. The van der Waals surface area contributed by atoms with Crippen LogP contribution < -0.4 is 0 Å². The zero-order chi connectivity index (χ0) is 24.8. The minimum atomic E-state index is -1.93. The minimum Gasteiger partial charge on any atom is -0.390 e.